The summed E-state index contributed by atoms with van der Waals surface area (Å²) in [6, 6.07) is 0. The monoisotopic (exact) mass is 240 g/mol. The molecule has 18 heavy (non-hydrogen) atoms. The topological polar surface area (TPSA) is 25.8 Å². The summed E-state index contributed by atoms with van der Waals surface area (Å²) in [5.74, 6) is 0. The highest BCUT2D eigenvalue weighted by Gasteiger charge is 2.13. The first-order valence-corrected chi connectivity index (χ1v) is 6.29. The molecule has 0 unspecified atom stereocenters. The van der Waals surface area contributed by atoms with Crippen molar-refractivity contribution in [3.63, 3.8) is 0 Å². The molecule has 2 aromatic rings. The molecular weight excluding hydrogens is 220 g/mol. The molecule has 0 aromatic carbocycles. The molecule has 0 amide bonds. The molecule has 94 valence electrons. The molecule has 0 aliphatic heterocycles. The Hall–Kier alpha value is -1.70. The van der Waals surface area contributed by atoms with Crippen LogP contribution in [0.3, 0.4) is 0 Å². The van der Waals surface area contributed by atoms with Crippen LogP contribution < -0.4 is 0 Å². The Kier molecular flexibility index (Phi) is 3.20. The number of pyridine rings is 2. The van der Waals surface area contributed by atoms with Crippen molar-refractivity contribution in [1.29, 1.82) is 0 Å². The normalized spacial score (nSPS) is 10.8. The molecule has 0 aliphatic rings. The van der Waals surface area contributed by atoms with Gasteiger partial charge in [0.2, 0.25) is 0 Å². The van der Waals surface area contributed by atoms with Crippen molar-refractivity contribution in [2.75, 3.05) is 0 Å². The number of rotatable bonds is 1. The third-order valence-corrected chi connectivity index (χ3v) is 4.02. The third-order valence-electron chi connectivity index (χ3n) is 4.02. The third kappa shape index (κ3) is 1.92. The Morgan fingerprint density at radius 1 is 0.556 bits per heavy atom. The summed E-state index contributed by atoms with van der Waals surface area (Å²) < 4.78 is 0. The summed E-state index contributed by atoms with van der Waals surface area (Å²) >= 11 is 0. The second-order valence-corrected chi connectivity index (χ2v) is 5.08. The van der Waals surface area contributed by atoms with Gasteiger partial charge >= 0.3 is 0 Å². The lowest BCUT2D eigenvalue weighted by molar-refractivity contribution is 1.11. The van der Waals surface area contributed by atoms with Crippen LogP contribution in [0.5, 0.6) is 0 Å². The molecular formula is C16H20N2. The summed E-state index contributed by atoms with van der Waals surface area (Å²) in [6.07, 6.45) is 3.88. The summed E-state index contributed by atoms with van der Waals surface area (Å²) in [5.41, 5.74) is 9.56. The number of hydrogen-bond donors (Lipinski definition) is 0. The first-order chi connectivity index (χ1) is 8.43. The standard InChI is InChI=1S/C16H20N2/c1-9-7-17-15(13(5)11(9)3)16-14(6)12(4)10(2)8-18-16/h7-8H,1-6H3. The quantitative estimate of drug-likeness (QED) is 0.753. The minimum absolute atomic E-state index is 1.01. The highest BCUT2D eigenvalue weighted by Crippen LogP contribution is 2.28. The average Bonchev–Trinajstić information content (AvgIpc) is 2.35. The van der Waals surface area contributed by atoms with Crippen LogP contribution in [0.25, 0.3) is 11.4 Å². The van der Waals surface area contributed by atoms with Crippen LogP contribution in [0.1, 0.15) is 33.4 Å². The van der Waals surface area contributed by atoms with Crippen LogP contribution in [-0.4, -0.2) is 9.97 Å². The Bertz CT molecular complexity index is 557. The van der Waals surface area contributed by atoms with Crippen LogP contribution in [-0.2, 0) is 0 Å². The molecule has 2 heteroatoms. The fourth-order valence-corrected chi connectivity index (χ4v) is 2.13. The Morgan fingerprint density at radius 3 is 1.22 bits per heavy atom. The lowest BCUT2D eigenvalue weighted by Crippen LogP contribution is -2.00. The van der Waals surface area contributed by atoms with Gasteiger partial charge in [-0.1, -0.05) is 0 Å². The highest BCUT2D eigenvalue weighted by molar-refractivity contribution is 5.65. The molecule has 2 nitrogen and oxygen atoms in total. The molecule has 2 heterocycles. The van der Waals surface area contributed by atoms with E-state index in [1.54, 1.807) is 0 Å². The maximum absolute atomic E-state index is 4.58. The van der Waals surface area contributed by atoms with Crippen molar-refractivity contribution in [3.05, 3.63) is 45.8 Å². The van der Waals surface area contributed by atoms with Gasteiger partial charge in [0.1, 0.15) is 0 Å². The number of aromatic nitrogens is 2. The van der Waals surface area contributed by atoms with E-state index in [1.807, 2.05) is 12.4 Å². The first-order valence-electron chi connectivity index (χ1n) is 6.29. The van der Waals surface area contributed by atoms with E-state index < -0.39 is 0 Å². The van der Waals surface area contributed by atoms with Gasteiger partial charge in [0.05, 0.1) is 11.4 Å². The summed E-state index contributed by atoms with van der Waals surface area (Å²) in [6.45, 7) is 12.7. The second-order valence-electron chi connectivity index (χ2n) is 5.08. The van der Waals surface area contributed by atoms with Crippen molar-refractivity contribution in [1.82, 2.24) is 9.97 Å². The van der Waals surface area contributed by atoms with Gasteiger partial charge in [0.15, 0.2) is 0 Å². The van der Waals surface area contributed by atoms with Crippen LogP contribution in [0.4, 0.5) is 0 Å². The molecule has 0 bridgehead atoms. The number of aryl methyl sites for hydroxylation is 2. The van der Waals surface area contributed by atoms with Gasteiger partial charge in [0, 0.05) is 12.4 Å². The predicted octanol–water partition coefficient (Wildman–Crippen LogP) is 3.99. The Balaban J connectivity index is 2.71. The van der Waals surface area contributed by atoms with Crippen molar-refractivity contribution in [3.8, 4) is 11.4 Å². The van der Waals surface area contributed by atoms with Crippen molar-refractivity contribution in [2.24, 2.45) is 0 Å². The highest BCUT2D eigenvalue weighted by atomic mass is 14.8. The number of hydrogen-bond acceptors (Lipinski definition) is 2. The van der Waals surface area contributed by atoms with Gasteiger partial charge in [-0.25, -0.2) is 0 Å². The maximum atomic E-state index is 4.58. The fourth-order valence-electron chi connectivity index (χ4n) is 2.13. The van der Waals surface area contributed by atoms with Gasteiger partial charge < -0.3 is 0 Å². The van der Waals surface area contributed by atoms with Gasteiger partial charge in [-0.05, 0) is 74.9 Å². The van der Waals surface area contributed by atoms with E-state index in [4.69, 9.17) is 0 Å². The first kappa shape index (κ1) is 12.7. The second kappa shape index (κ2) is 4.52. The molecule has 0 fully saturated rings. The van der Waals surface area contributed by atoms with Gasteiger partial charge in [-0.15, -0.1) is 0 Å². The minimum atomic E-state index is 1.01. The summed E-state index contributed by atoms with van der Waals surface area (Å²) in [5, 5.41) is 0. The van der Waals surface area contributed by atoms with Crippen LogP contribution in [0.2, 0.25) is 0 Å². The van der Waals surface area contributed by atoms with E-state index >= 15 is 0 Å². The zero-order chi connectivity index (χ0) is 13.4. The van der Waals surface area contributed by atoms with Crippen LogP contribution in [0.15, 0.2) is 12.4 Å². The Labute approximate surface area is 109 Å². The van der Waals surface area contributed by atoms with Crippen molar-refractivity contribution >= 4 is 0 Å². The van der Waals surface area contributed by atoms with Crippen LogP contribution in [0, 0.1) is 41.5 Å². The Morgan fingerprint density at radius 2 is 0.889 bits per heavy atom. The molecule has 0 saturated carbocycles. The van der Waals surface area contributed by atoms with E-state index in [-0.39, 0.29) is 0 Å². The van der Waals surface area contributed by atoms with E-state index in [9.17, 15) is 0 Å². The molecule has 0 atom stereocenters. The molecule has 0 aliphatic carbocycles. The van der Waals surface area contributed by atoms with E-state index in [0.29, 0.717) is 0 Å². The number of nitrogens with zero attached hydrogens (tertiary/aromatic N) is 2. The lowest BCUT2D eigenvalue weighted by atomic mass is 9.98. The van der Waals surface area contributed by atoms with Crippen molar-refractivity contribution < 1.29 is 0 Å². The van der Waals surface area contributed by atoms with Gasteiger partial charge in [-0.3, -0.25) is 9.97 Å². The smallest absolute Gasteiger partial charge is 0.0920 e. The zero-order valence-corrected chi connectivity index (χ0v) is 12.0. The average molecular weight is 240 g/mol. The fraction of sp³-hybridized carbons (Fsp3) is 0.375. The molecule has 2 rings (SSSR count). The minimum Gasteiger partial charge on any atom is -0.254 e. The zero-order valence-electron chi connectivity index (χ0n) is 12.0. The van der Waals surface area contributed by atoms with Crippen molar-refractivity contribution in [2.45, 2.75) is 41.5 Å². The molecule has 2 aromatic heterocycles. The lowest BCUT2D eigenvalue weighted by Gasteiger charge is -2.14. The molecule has 0 N–H and O–H groups in total. The predicted molar refractivity (Wildman–Crippen MR) is 75.9 cm³/mol. The molecule has 0 radical (unpaired) electrons. The van der Waals surface area contributed by atoms with E-state index in [0.717, 1.165) is 11.4 Å². The summed E-state index contributed by atoms with van der Waals surface area (Å²) in [4.78, 5) is 9.16. The van der Waals surface area contributed by atoms with Gasteiger partial charge in [0.25, 0.3) is 0 Å². The van der Waals surface area contributed by atoms with Gasteiger partial charge in [-0.2, -0.15) is 0 Å². The van der Waals surface area contributed by atoms with E-state index in [2.05, 4.69) is 51.5 Å². The van der Waals surface area contributed by atoms with E-state index in [1.165, 1.54) is 33.4 Å². The van der Waals surface area contributed by atoms with Crippen LogP contribution >= 0.6 is 0 Å². The molecule has 0 spiro atoms. The molecule has 0 saturated heterocycles. The summed E-state index contributed by atoms with van der Waals surface area (Å²) in [7, 11) is 0. The SMILES string of the molecule is Cc1cnc(-c2ncc(C)c(C)c2C)c(C)c1C. The maximum Gasteiger partial charge on any atom is 0.0920 e. The largest absolute Gasteiger partial charge is 0.254 e.